The summed E-state index contributed by atoms with van der Waals surface area (Å²) in [7, 11) is 0. The lowest BCUT2D eigenvalue weighted by Gasteiger charge is -2.30. The Morgan fingerprint density at radius 2 is 1.87 bits per heavy atom. The Morgan fingerprint density at radius 1 is 1.11 bits per heavy atom. The molecule has 0 aliphatic carbocycles. The Hall–Kier alpha value is -4.18. The van der Waals surface area contributed by atoms with Gasteiger partial charge in [-0.2, -0.15) is 0 Å². The number of aromatic hydroxyl groups is 1. The predicted molar refractivity (Wildman–Crippen MR) is 136 cm³/mol. The van der Waals surface area contributed by atoms with Crippen molar-refractivity contribution in [3.63, 3.8) is 0 Å². The SMILES string of the molecule is Cc1c(O)cccc1C(=O)N[C@@H](Cc1ccccc1)[C@H](O)C(=O)N1C[C@H](F)C[C@H]1C(=O)NCc1ccco1. The molecule has 0 bridgehead atoms. The molecule has 0 unspecified atom stereocenters. The summed E-state index contributed by atoms with van der Waals surface area (Å²) in [5.41, 5.74) is 1.27. The number of hydrogen-bond acceptors (Lipinski definition) is 6. The lowest BCUT2D eigenvalue weighted by atomic mass is 9.98. The van der Waals surface area contributed by atoms with Crippen molar-refractivity contribution in [2.24, 2.45) is 0 Å². The molecule has 200 valence electrons. The molecular formula is C28H30FN3O6. The third-order valence-electron chi connectivity index (χ3n) is 6.65. The standard InChI is InChI=1S/C28H30FN3O6/c1-17-21(10-5-11-24(17)33)26(35)31-22(13-18-7-3-2-4-8-18)25(34)28(37)32-16-19(29)14-23(32)27(36)30-15-20-9-6-12-38-20/h2-12,19,22-23,25,33-34H,13-16H2,1H3,(H,30,36)(H,31,35)/t19-,22+,23+,25+/m1/s1. The molecule has 2 heterocycles. The minimum absolute atomic E-state index is 0.0664. The van der Waals surface area contributed by atoms with Gasteiger partial charge in [0.05, 0.1) is 25.4 Å². The number of likely N-dealkylation sites (tertiary alicyclic amines) is 1. The maximum atomic E-state index is 14.4. The fourth-order valence-corrected chi connectivity index (χ4v) is 4.55. The molecular weight excluding hydrogens is 493 g/mol. The summed E-state index contributed by atoms with van der Waals surface area (Å²) < 4.78 is 19.6. The van der Waals surface area contributed by atoms with Crippen molar-refractivity contribution in [2.75, 3.05) is 6.54 Å². The number of alkyl halides is 1. The number of carbonyl (C=O) groups excluding carboxylic acids is 3. The van der Waals surface area contributed by atoms with Gasteiger partial charge in [-0.05, 0) is 43.2 Å². The molecule has 1 fully saturated rings. The summed E-state index contributed by atoms with van der Waals surface area (Å²) in [4.78, 5) is 40.4. The minimum atomic E-state index is -1.76. The molecule has 9 nitrogen and oxygen atoms in total. The van der Waals surface area contributed by atoms with Gasteiger partial charge in [-0.1, -0.05) is 36.4 Å². The first kappa shape index (κ1) is 26.9. The number of hydrogen-bond donors (Lipinski definition) is 4. The van der Waals surface area contributed by atoms with Crippen LogP contribution in [0.3, 0.4) is 0 Å². The average molecular weight is 524 g/mol. The molecule has 10 heteroatoms. The van der Waals surface area contributed by atoms with Gasteiger partial charge in [-0.15, -0.1) is 0 Å². The van der Waals surface area contributed by atoms with Crippen LogP contribution in [-0.4, -0.2) is 63.7 Å². The number of benzene rings is 2. The highest BCUT2D eigenvalue weighted by Gasteiger charge is 2.43. The van der Waals surface area contributed by atoms with Gasteiger partial charge in [0.1, 0.15) is 23.7 Å². The Labute approximate surface area is 219 Å². The van der Waals surface area contributed by atoms with Gasteiger partial charge in [0.2, 0.25) is 5.91 Å². The van der Waals surface area contributed by atoms with Crippen LogP contribution in [0.5, 0.6) is 5.75 Å². The van der Waals surface area contributed by atoms with E-state index < -0.39 is 42.1 Å². The first-order chi connectivity index (χ1) is 18.2. The monoisotopic (exact) mass is 523 g/mol. The van der Waals surface area contributed by atoms with E-state index >= 15 is 0 Å². The van der Waals surface area contributed by atoms with Gasteiger partial charge in [0.15, 0.2) is 6.10 Å². The number of aliphatic hydroxyl groups excluding tert-OH is 1. The van der Waals surface area contributed by atoms with Crippen LogP contribution in [0, 0.1) is 6.92 Å². The summed E-state index contributed by atoms with van der Waals surface area (Å²) in [5.74, 6) is -1.59. The van der Waals surface area contributed by atoms with Crippen LogP contribution >= 0.6 is 0 Å². The van der Waals surface area contributed by atoms with E-state index in [1.54, 1.807) is 43.3 Å². The fraction of sp³-hybridized carbons (Fsp3) is 0.321. The van der Waals surface area contributed by atoms with E-state index in [0.29, 0.717) is 11.3 Å². The van der Waals surface area contributed by atoms with E-state index in [1.165, 1.54) is 24.5 Å². The van der Waals surface area contributed by atoms with Crippen LogP contribution < -0.4 is 10.6 Å². The number of nitrogens with zero attached hydrogens (tertiary/aromatic N) is 1. The van der Waals surface area contributed by atoms with E-state index in [0.717, 1.165) is 10.5 Å². The quantitative estimate of drug-likeness (QED) is 0.340. The Kier molecular flexibility index (Phi) is 8.42. The van der Waals surface area contributed by atoms with E-state index in [4.69, 9.17) is 4.42 Å². The van der Waals surface area contributed by atoms with E-state index in [2.05, 4.69) is 10.6 Å². The van der Waals surface area contributed by atoms with Crippen molar-refractivity contribution >= 4 is 17.7 Å². The van der Waals surface area contributed by atoms with Crippen LogP contribution in [-0.2, 0) is 22.6 Å². The largest absolute Gasteiger partial charge is 0.508 e. The predicted octanol–water partition coefficient (Wildman–Crippen LogP) is 2.25. The first-order valence-electron chi connectivity index (χ1n) is 12.3. The Balaban J connectivity index is 1.53. The third-order valence-corrected chi connectivity index (χ3v) is 6.65. The molecule has 2 aromatic carbocycles. The normalized spacial score (nSPS) is 18.6. The summed E-state index contributed by atoms with van der Waals surface area (Å²) in [6.07, 6.45) is -1.86. The summed E-state index contributed by atoms with van der Waals surface area (Å²) in [6, 6.07) is 14.6. The second-order valence-corrected chi connectivity index (χ2v) is 9.30. The maximum Gasteiger partial charge on any atom is 0.254 e. The second kappa shape index (κ2) is 11.9. The van der Waals surface area contributed by atoms with Crippen molar-refractivity contribution in [1.29, 1.82) is 0 Å². The average Bonchev–Trinajstić information content (AvgIpc) is 3.58. The van der Waals surface area contributed by atoms with Gasteiger partial charge in [0.25, 0.3) is 11.8 Å². The highest BCUT2D eigenvalue weighted by atomic mass is 19.1. The van der Waals surface area contributed by atoms with Crippen molar-refractivity contribution < 1.29 is 33.4 Å². The van der Waals surface area contributed by atoms with Crippen LogP contribution in [0.1, 0.15) is 33.7 Å². The molecule has 0 saturated carbocycles. The van der Waals surface area contributed by atoms with Crippen LogP contribution in [0.4, 0.5) is 4.39 Å². The van der Waals surface area contributed by atoms with Crippen molar-refractivity contribution in [3.8, 4) is 5.75 Å². The van der Waals surface area contributed by atoms with Crippen LogP contribution in [0.15, 0.2) is 71.3 Å². The summed E-state index contributed by atoms with van der Waals surface area (Å²) in [6.45, 7) is 1.29. The zero-order chi connectivity index (χ0) is 27.2. The highest BCUT2D eigenvalue weighted by molar-refractivity contribution is 5.97. The third kappa shape index (κ3) is 6.20. The zero-order valence-electron chi connectivity index (χ0n) is 20.8. The molecule has 0 spiro atoms. The van der Waals surface area contributed by atoms with Gasteiger partial charge in [0, 0.05) is 17.5 Å². The van der Waals surface area contributed by atoms with Crippen molar-refractivity contribution in [3.05, 3.63) is 89.4 Å². The molecule has 1 saturated heterocycles. The molecule has 4 rings (SSSR count). The van der Waals surface area contributed by atoms with Gasteiger partial charge < -0.3 is 30.2 Å². The van der Waals surface area contributed by atoms with Crippen LogP contribution in [0.25, 0.3) is 0 Å². The first-order valence-corrected chi connectivity index (χ1v) is 12.3. The zero-order valence-corrected chi connectivity index (χ0v) is 20.8. The van der Waals surface area contributed by atoms with E-state index in [9.17, 15) is 29.0 Å². The summed E-state index contributed by atoms with van der Waals surface area (Å²) >= 11 is 0. The lowest BCUT2D eigenvalue weighted by molar-refractivity contribution is -0.146. The molecule has 3 amide bonds. The molecule has 3 aromatic rings. The van der Waals surface area contributed by atoms with Crippen molar-refractivity contribution in [1.82, 2.24) is 15.5 Å². The highest BCUT2D eigenvalue weighted by Crippen LogP contribution is 2.24. The molecule has 4 atom stereocenters. The second-order valence-electron chi connectivity index (χ2n) is 9.30. The van der Waals surface area contributed by atoms with E-state index in [1.807, 2.05) is 6.07 Å². The Morgan fingerprint density at radius 3 is 2.58 bits per heavy atom. The number of rotatable bonds is 9. The van der Waals surface area contributed by atoms with Crippen LogP contribution in [0.2, 0.25) is 0 Å². The van der Waals surface area contributed by atoms with Gasteiger partial charge in [-0.25, -0.2) is 4.39 Å². The fourth-order valence-electron chi connectivity index (χ4n) is 4.55. The number of halogens is 1. The molecule has 4 N–H and O–H groups in total. The van der Waals surface area contributed by atoms with Gasteiger partial charge in [-0.3, -0.25) is 14.4 Å². The number of furan rings is 1. The number of phenolic OH excluding ortho intramolecular Hbond substituents is 1. The topological polar surface area (TPSA) is 132 Å². The minimum Gasteiger partial charge on any atom is -0.508 e. The number of aliphatic hydroxyl groups is 1. The molecule has 38 heavy (non-hydrogen) atoms. The Bertz CT molecular complexity index is 1270. The number of phenols is 1. The number of carbonyl (C=O) groups is 3. The maximum absolute atomic E-state index is 14.4. The lowest BCUT2D eigenvalue weighted by Crippen LogP contribution is -2.55. The van der Waals surface area contributed by atoms with E-state index in [-0.39, 0.29) is 37.2 Å². The molecule has 1 aliphatic heterocycles. The van der Waals surface area contributed by atoms with Crippen molar-refractivity contribution in [2.45, 2.75) is 50.7 Å². The number of nitrogens with one attached hydrogen (secondary N) is 2. The molecule has 0 radical (unpaired) electrons. The molecule has 1 aromatic heterocycles. The summed E-state index contributed by atoms with van der Waals surface area (Å²) in [5, 5.41) is 26.5. The number of amides is 3. The molecule has 1 aliphatic rings. The van der Waals surface area contributed by atoms with Gasteiger partial charge >= 0.3 is 0 Å². The smallest absolute Gasteiger partial charge is 0.254 e.